The van der Waals surface area contributed by atoms with Gasteiger partial charge in [-0.05, 0) is 12.5 Å². The summed E-state index contributed by atoms with van der Waals surface area (Å²) in [4.78, 5) is 18.0. The van der Waals surface area contributed by atoms with E-state index in [-0.39, 0.29) is 12.5 Å². The van der Waals surface area contributed by atoms with Gasteiger partial charge in [0.15, 0.2) is 0 Å². The van der Waals surface area contributed by atoms with Crippen LogP contribution in [-0.2, 0) is 10.2 Å². The number of rotatable bonds is 3. The molecule has 1 aromatic rings. The van der Waals surface area contributed by atoms with Crippen molar-refractivity contribution in [3.63, 3.8) is 0 Å². The van der Waals surface area contributed by atoms with E-state index in [0.717, 1.165) is 0 Å². The molecular formula is C13H19ClN4O3S. The Labute approximate surface area is 135 Å². The minimum atomic E-state index is -3.45. The van der Waals surface area contributed by atoms with Gasteiger partial charge in [-0.25, -0.2) is 0 Å². The van der Waals surface area contributed by atoms with E-state index in [1.807, 2.05) is 0 Å². The van der Waals surface area contributed by atoms with Crippen LogP contribution in [-0.4, -0.2) is 73.1 Å². The van der Waals surface area contributed by atoms with E-state index < -0.39 is 10.2 Å². The van der Waals surface area contributed by atoms with Crippen molar-refractivity contribution < 1.29 is 13.2 Å². The molecule has 9 heteroatoms. The normalized spacial score (nSPS) is 17.5. The summed E-state index contributed by atoms with van der Waals surface area (Å²) in [7, 11) is -0.447. The first kappa shape index (κ1) is 17.1. The number of amides is 1. The van der Waals surface area contributed by atoms with E-state index in [9.17, 15) is 13.2 Å². The molecule has 2 heterocycles. The average Bonchev–Trinajstić information content (AvgIpc) is 2.72. The summed E-state index contributed by atoms with van der Waals surface area (Å²) in [6, 6.07) is 1.57. The maximum absolute atomic E-state index is 12.4. The van der Waals surface area contributed by atoms with Gasteiger partial charge in [0, 0.05) is 52.7 Å². The standard InChI is InChI=1S/C13H19ClN4O3S/c1-16(2)22(20,21)18-5-3-4-17(6-7-18)13(19)11-8-12(14)10-15-9-11/h8-10H,3-7H2,1-2H3. The number of carbonyl (C=O) groups is 1. The third-order valence-corrected chi connectivity index (χ3v) is 5.63. The molecule has 2 rings (SSSR count). The molecule has 0 N–H and O–H groups in total. The second-order valence-corrected chi connectivity index (χ2v) is 7.81. The molecule has 0 spiro atoms. The minimum Gasteiger partial charge on any atom is -0.337 e. The Morgan fingerprint density at radius 3 is 2.59 bits per heavy atom. The number of nitrogens with zero attached hydrogens (tertiary/aromatic N) is 4. The molecule has 0 bridgehead atoms. The Morgan fingerprint density at radius 2 is 1.95 bits per heavy atom. The molecule has 0 unspecified atom stereocenters. The van der Waals surface area contributed by atoms with Gasteiger partial charge in [-0.2, -0.15) is 17.0 Å². The van der Waals surface area contributed by atoms with Gasteiger partial charge in [-0.3, -0.25) is 9.78 Å². The monoisotopic (exact) mass is 346 g/mol. The summed E-state index contributed by atoms with van der Waals surface area (Å²) < 4.78 is 26.9. The minimum absolute atomic E-state index is 0.181. The van der Waals surface area contributed by atoms with Crippen LogP contribution in [0.3, 0.4) is 0 Å². The molecule has 1 aliphatic heterocycles. The van der Waals surface area contributed by atoms with Crippen molar-refractivity contribution in [2.75, 3.05) is 40.3 Å². The molecule has 0 radical (unpaired) electrons. The maximum atomic E-state index is 12.4. The lowest BCUT2D eigenvalue weighted by Crippen LogP contribution is -2.42. The van der Waals surface area contributed by atoms with Crippen molar-refractivity contribution in [2.45, 2.75) is 6.42 Å². The van der Waals surface area contributed by atoms with Crippen molar-refractivity contribution in [1.82, 2.24) is 18.5 Å². The lowest BCUT2D eigenvalue weighted by molar-refractivity contribution is 0.0763. The Balaban J connectivity index is 2.09. The van der Waals surface area contributed by atoms with Gasteiger partial charge in [0.1, 0.15) is 0 Å². The lowest BCUT2D eigenvalue weighted by atomic mass is 10.2. The summed E-state index contributed by atoms with van der Waals surface area (Å²) >= 11 is 5.85. The molecule has 0 aliphatic carbocycles. The Bertz CT molecular complexity index is 650. The fourth-order valence-electron chi connectivity index (χ4n) is 2.27. The van der Waals surface area contributed by atoms with E-state index in [1.165, 1.54) is 35.1 Å². The summed E-state index contributed by atoms with van der Waals surface area (Å²) in [5.74, 6) is -0.181. The molecule has 22 heavy (non-hydrogen) atoms. The highest BCUT2D eigenvalue weighted by molar-refractivity contribution is 7.86. The second kappa shape index (κ2) is 6.91. The lowest BCUT2D eigenvalue weighted by Gasteiger charge is -2.24. The predicted octanol–water partition coefficient (Wildman–Crippen LogP) is 0.689. The van der Waals surface area contributed by atoms with Crippen molar-refractivity contribution >= 4 is 27.7 Å². The van der Waals surface area contributed by atoms with Crippen LogP contribution < -0.4 is 0 Å². The number of carbonyl (C=O) groups excluding carboxylic acids is 1. The number of hydrogen-bond acceptors (Lipinski definition) is 4. The zero-order valence-electron chi connectivity index (χ0n) is 12.6. The largest absolute Gasteiger partial charge is 0.337 e. The Kier molecular flexibility index (Phi) is 5.38. The first-order valence-electron chi connectivity index (χ1n) is 6.90. The highest BCUT2D eigenvalue weighted by atomic mass is 35.5. The zero-order valence-corrected chi connectivity index (χ0v) is 14.1. The highest BCUT2D eigenvalue weighted by Gasteiger charge is 2.28. The molecule has 122 valence electrons. The summed E-state index contributed by atoms with van der Waals surface area (Å²) in [5, 5.41) is 0.400. The van der Waals surface area contributed by atoms with E-state index in [0.29, 0.717) is 36.6 Å². The number of aromatic nitrogens is 1. The molecule has 0 aromatic carbocycles. The smallest absolute Gasteiger partial charge is 0.281 e. The third-order valence-electron chi connectivity index (χ3n) is 3.48. The van der Waals surface area contributed by atoms with Gasteiger partial charge in [0.25, 0.3) is 16.1 Å². The molecular weight excluding hydrogens is 328 g/mol. The van der Waals surface area contributed by atoms with Crippen LogP contribution in [0.4, 0.5) is 0 Å². The van der Waals surface area contributed by atoms with Gasteiger partial charge >= 0.3 is 0 Å². The van der Waals surface area contributed by atoms with Crippen LogP contribution in [0.5, 0.6) is 0 Å². The van der Waals surface area contributed by atoms with Crippen LogP contribution in [0.15, 0.2) is 18.5 Å². The predicted molar refractivity (Wildman–Crippen MR) is 83.9 cm³/mol. The van der Waals surface area contributed by atoms with Crippen molar-refractivity contribution in [1.29, 1.82) is 0 Å². The van der Waals surface area contributed by atoms with Crippen LogP contribution in [0, 0.1) is 0 Å². The maximum Gasteiger partial charge on any atom is 0.281 e. The topological polar surface area (TPSA) is 73.8 Å². The third kappa shape index (κ3) is 3.75. The number of hydrogen-bond donors (Lipinski definition) is 0. The van der Waals surface area contributed by atoms with Gasteiger partial charge in [0.2, 0.25) is 0 Å². The molecule has 1 aromatic heterocycles. The van der Waals surface area contributed by atoms with E-state index >= 15 is 0 Å². The first-order chi connectivity index (χ1) is 10.3. The molecule has 7 nitrogen and oxygen atoms in total. The molecule has 0 saturated carbocycles. The van der Waals surface area contributed by atoms with Gasteiger partial charge < -0.3 is 4.90 Å². The van der Waals surface area contributed by atoms with E-state index in [2.05, 4.69) is 4.98 Å². The van der Waals surface area contributed by atoms with Gasteiger partial charge in [0.05, 0.1) is 10.6 Å². The fraction of sp³-hybridized carbons (Fsp3) is 0.538. The van der Waals surface area contributed by atoms with Crippen molar-refractivity contribution in [2.24, 2.45) is 0 Å². The average molecular weight is 347 g/mol. The second-order valence-electron chi connectivity index (χ2n) is 5.23. The number of pyridine rings is 1. The molecule has 1 saturated heterocycles. The first-order valence-corrected chi connectivity index (χ1v) is 8.67. The zero-order chi connectivity index (χ0) is 16.3. The van der Waals surface area contributed by atoms with E-state index in [4.69, 9.17) is 11.6 Å². The number of halogens is 1. The van der Waals surface area contributed by atoms with Crippen molar-refractivity contribution in [3.05, 3.63) is 29.0 Å². The fourth-order valence-corrected chi connectivity index (χ4v) is 3.58. The molecule has 1 aliphatic rings. The van der Waals surface area contributed by atoms with Gasteiger partial charge in [-0.1, -0.05) is 11.6 Å². The quantitative estimate of drug-likeness (QED) is 0.807. The van der Waals surface area contributed by atoms with Crippen LogP contribution in [0.25, 0.3) is 0 Å². The van der Waals surface area contributed by atoms with Crippen molar-refractivity contribution in [3.8, 4) is 0 Å². The Morgan fingerprint density at radius 1 is 1.23 bits per heavy atom. The highest BCUT2D eigenvalue weighted by Crippen LogP contribution is 2.14. The molecule has 1 fully saturated rings. The van der Waals surface area contributed by atoms with Crippen LogP contribution in [0.1, 0.15) is 16.8 Å². The summed E-state index contributed by atoms with van der Waals surface area (Å²) in [6.45, 7) is 1.53. The SMILES string of the molecule is CN(C)S(=O)(=O)N1CCCN(C(=O)c2cncc(Cl)c2)CC1. The van der Waals surface area contributed by atoms with Crippen LogP contribution in [0.2, 0.25) is 5.02 Å². The molecule has 0 atom stereocenters. The molecule has 1 amide bonds. The van der Waals surface area contributed by atoms with E-state index in [1.54, 1.807) is 11.0 Å². The van der Waals surface area contributed by atoms with Gasteiger partial charge in [-0.15, -0.1) is 0 Å². The van der Waals surface area contributed by atoms with Crippen LogP contribution >= 0.6 is 11.6 Å². The Hall–Kier alpha value is -1.22. The summed E-state index contributed by atoms with van der Waals surface area (Å²) in [6.07, 6.45) is 3.52. The summed E-state index contributed by atoms with van der Waals surface area (Å²) in [5.41, 5.74) is 0.413.